The number of hydrogen-bond donors (Lipinski definition) is 1. The maximum absolute atomic E-state index is 12.2. The van der Waals surface area contributed by atoms with Gasteiger partial charge in [0.1, 0.15) is 0 Å². The number of carbonyl (C=O) groups is 1. The van der Waals surface area contributed by atoms with Crippen LogP contribution in [-0.2, 0) is 11.3 Å². The van der Waals surface area contributed by atoms with Gasteiger partial charge in [-0.15, -0.1) is 0 Å². The minimum atomic E-state index is -0.00720. The summed E-state index contributed by atoms with van der Waals surface area (Å²) in [6.07, 6.45) is 0. The molecule has 0 saturated carbocycles. The Morgan fingerprint density at radius 3 is 2.38 bits per heavy atom. The van der Waals surface area contributed by atoms with E-state index in [1.165, 1.54) is 0 Å². The van der Waals surface area contributed by atoms with E-state index in [0.717, 1.165) is 42.5 Å². The van der Waals surface area contributed by atoms with Crippen molar-refractivity contribution in [3.63, 3.8) is 0 Å². The molecule has 26 heavy (non-hydrogen) atoms. The largest absolute Gasteiger partial charge is 0.369 e. The molecule has 1 saturated heterocycles. The quantitative estimate of drug-likeness (QED) is 0.803. The van der Waals surface area contributed by atoms with Gasteiger partial charge in [-0.2, -0.15) is 0 Å². The third kappa shape index (κ3) is 5.27. The zero-order chi connectivity index (χ0) is 18.5. The van der Waals surface area contributed by atoms with Crippen molar-refractivity contribution >= 4 is 46.4 Å². The van der Waals surface area contributed by atoms with Gasteiger partial charge in [-0.1, -0.05) is 46.9 Å². The second kappa shape index (κ2) is 8.96. The number of rotatable bonds is 5. The van der Waals surface area contributed by atoms with Gasteiger partial charge in [0.15, 0.2) is 0 Å². The number of piperazine rings is 1. The van der Waals surface area contributed by atoms with Crippen molar-refractivity contribution in [1.29, 1.82) is 0 Å². The summed E-state index contributed by atoms with van der Waals surface area (Å²) >= 11 is 18.1. The van der Waals surface area contributed by atoms with Crippen molar-refractivity contribution in [2.24, 2.45) is 0 Å². The Labute approximate surface area is 168 Å². The van der Waals surface area contributed by atoms with E-state index in [1.807, 2.05) is 24.3 Å². The molecule has 0 aromatic heterocycles. The fraction of sp³-hybridized carbons (Fsp3) is 0.316. The highest BCUT2D eigenvalue weighted by Crippen LogP contribution is 2.21. The summed E-state index contributed by atoms with van der Waals surface area (Å²) < 4.78 is 0. The average molecular weight is 413 g/mol. The molecule has 1 N–H and O–H groups in total. The predicted octanol–water partition coefficient (Wildman–Crippen LogP) is 4.09. The number of carbonyl (C=O) groups excluding carboxylic acids is 1. The molecule has 0 atom stereocenters. The fourth-order valence-corrected chi connectivity index (χ4v) is 3.61. The molecule has 0 aliphatic carbocycles. The number of anilines is 1. The Balaban J connectivity index is 1.44. The molecule has 1 fully saturated rings. The number of halogens is 3. The first-order chi connectivity index (χ1) is 12.5. The van der Waals surface area contributed by atoms with Crippen LogP contribution >= 0.6 is 34.8 Å². The molecule has 0 bridgehead atoms. The van der Waals surface area contributed by atoms with Gasteiger partial charge in [0.05, 0.1) is 6.54 Å². The van der Waals surface area contributed by atoms with Crippen LogP contribution in [-0.4, -0.2) is 43.5 Å². The third-order valence-corrected chi connectivity index (χ3v) is 5.23. The summed E-state index contributed by atoms with van der Waals surface area (Å²) in [4.78, 5) is 16.6. The normalized spacial score (nSPS) is 15.1. The first kappa shape index (κ1) is 19.3. The van der Waals surface area contributed by atoms with Crippen LogP contribution in [0.2, 0.25) is 15.1 Å². The van der Waals surface area contributed by atoms with Crippen molar-refractivity contribution in [3.05, 3.63) is 63.1 Å². The molecule has 138 valence electrons. The van der Waals surface area contributed by atoms with Crippen LogP contribution in [0.3, 0.4) is 0 Å². The Morgan fingerprint density at radius 2 is 1.69 bits per heavy atom. The Kier molecular flexibility index (Phi) is 6.65. The first-order valence-corrected chi connectivity index (χ1v) is 9.58. The van der Waals surface area contributed by atoms with E-state index in [2.05, 4.69) is 21.2 Å². The number of nitrogens with one attached hydrogen (secondary N) is 1. The molecule has 2 aromatic carbocycles. The second-order valence-corrected chi connectivity index (χ2v) is 7.54. The topological polar surface area (TPSA) is 35.6 Å². The van der Waals surface area contributed by atoms with Crippen LogP contribution in [0.15, 0.2) is 42.5 Å². The smallest absolute Gasteiger partial charge is 0.234 e. The summed E-state index contributed by atoms with van der Waals surface area (Å²) in [6, 6.07) is 13.1. The molecule has 2 aromatic rings. The van der Waals surface area contributed by atoms with Crippen molar-refractivity contribution < 1.29 is 4.79 Å². The lowest BCUT2D eigenvalue weighted by molar-refractivity contribution is -0.122. The van der Waals surface area contributed by atoms with Crippen molar-refractivity contribution in [1.82, 2.24) is 10.2 Å². The van der Waals surface area contributed by atoms with Crippen LogP contribution in [0.25, 0.3) is 0 Å². The Morgan fingerprint density at radius 1 is 0.962 bits per heavy atom. The van der Waals surface area contributed by atoms with Crippen molar-refractivity contribution in [2.45, 2.75) is 6.54 Å². The zero-order valence-electron chi connectivity index (χ0n) is 14.2. The van der Waals surface area contributed by atoms with E-state index < -0.39 is 0 Å². The van der Waals surface area contributed by atoms with E-state index in [1.54, 1.807) is 12.1 Å². The minimum Gasteiger partial charge on any atom is -0.369 e. The van der Waals surface area contributed by atoms with Gasteiger partial charge in [0.25, 0.3) is 0 Å². The maximum Gasteiger partial charge on any atom is 0.234 e. The third-order valence-electron chi connectivity index (χ3n) is 4.40. The Hall–Kier alpha value is -1.46. The molecule has 1 amide bonds. The first-order valence-electron chi connectivity index (χ1n) is 8.45. The lowest BCUT2D eigenvalue weighted by Gasteiger charge is -2.35. The molecule has 0 radical (unpaired) electrons. The molecule has 1 aliphatic heterocycles. The van der Waals surface area contributed by atoms with E-state index in [4.69, 9.17) is 34.8 Å². The van der Waals surface area contributed by atoms with Gasteiger partial charge < -0.3 is 10.2 Å². The average Bonchev–Trinajstić information content (AvgIpc) is 2.61. The summed E-state index contributed by atoms with van der Waals surface area (Å²) in [5.74, 6) is -0.00720. The molecule has 4 nitrogen and oxygen atoms in total. The van der Waals surface area contributed by atoms with Crippen molar-refractivity contribution in [2.75, 3.05) is 37.6 Å². The highest BCUT2D eigenvalue weighted by molar-refractivity contribution is 6.35. The molecule has 0 spiro atoms. The molecule has 1 aliphatic rings. The monoisotopic (exact) mass is 411 g/mol. The lowest BCUT2D eigenvalue weighted by Crippen LogP contribution is -2.49. The van der Waals surface area contributed by atoms with E-state index in [-0.39, 0.29) is 5.91 Å². The highest BCUT2D eigenvalue weighted by Gasteiger charge is 2.19. The van der Waals surface area contributed by atoms with Crippen LogP contribution in [0.4, 0.5) is 5.69 Å². The van der Waals surface area contributed by atoms with Gasteiger partial charge in [0.2, 0.25) is 5.91 Å². The fourth-order valence-electron chi connectivity index (χ4n) is 2.95. The molecule has 1 heterocycles. The predicted molar refractivity (Wildman–Crippen MR) is 108 cm³/mol. The molecular formula is C19H20Cl3N3O. The van der Waals surface area contributed by atoms with Gasteiger partial charge in [-0.3, -0.25) is 9.69 Å². The van der Waals surface area contributed by atoms with E-state index in [0.29, 0.717) is 23.1 Å². The van der Waals surface area contributed by atoms with Gasteiger partial charge >= 0.3 is 0 Å². The number of benzene rings is 2. The second-order valence-electron chi connectivity index (χ2n) is 6.26. The molecular weight excluding hydrogens is 393 g/mol. The number of hydrogen-bond acceptors (Lipinski definition) is 3. The van der Waals surface area contributed by atoms with Crippen molar-refractivity contribution in [3.8, 4) is 0 Å². The van der Waals surface area contributed by atoms with Gasteiger partial charge in [-0.25, -0.2) is 0 Å². The standard InChI is InChI=1S/C19H20Cl3N3O/c20-15-2-1-3-17(10-15)25-8-6-24(7-9-25)13-19(26)23-12-14-4-5-16(21)11-18(14)22/h1-5,10-11H,6-9,12-13H2,(H,23,26). The molecule has 3 rings (SSSR count). The number of amides is 1. The van der Waals surface area contributed by atoms with Crippen LogP contribution in [0, 0.1) is 0 Å². The molecule has 7 heteroatoms. The SMILES string of the molecule is O=C(CN1CCN(c2cccc(Cl)c2)CC1)NCc1ccc(Cl)cc1Cl. The zero-order valence-corrected chi connectivity index (χ0v) is 16.5. The minimum absolute atomic E-state index is 0.00720. The highest BCUT2D eigenvalue weighted by atomic mass is 35.5. The van der Waals surface area contributed by atoms with Crippen LogP contribution in [0.1, 0.15) is 5.56 Å². The molecule has 0 unspecified atom stereocenters. The summed E-state index contributed by atoms with van der Waals surface area (Å²) in [5.41, 5.74) is 1.98. The van der Waals surface area contributed by atoms with E-state index >= 15 is 0 Å². The number of nitrogens with zero attached hydrogens (tertiary/aromatic N) is 2. The van der Waals surface area contributed by atoms with E-state index in [9.17, 15) is 4.79 Å². The summed E-state index contributed by atoms with van der Waals surface area (Å²) in [7, 11) is 0. The summed E-state index contributed by atoms with van der Waals surface area (Å²) in [6.45, 7) is 4.20. The van der Waals surface area contributed by atoms with Crippen LogP contribution < -0.4 is 10.2 Å². The maximum atomic E-state index is 12.2. The van der Waals surface area contributed by atoms with Gasteiger partial charge in [0, 0.05) is 53.5 Å². The van der Waals surface area contributed by atoms with Crippen LogP contribution in [0.5, 0.6) is 0 Å². The Bertz CT molecular complexity index is 776. The van der Waals surface area contributed by atoms with Gasteiger partial charge in [-0.05, 0) is 35.9 Å². The summed E-state index contributed by atoms with van der Waals surface area (Å²) in [5, 5.41) is 4.81. The lowest BCUT2D eigenvalue weighted by atomic mass is 10.2.